The molecule has 1 amide bonds. The van der Waals surface area contributed by atoms with Gasteiger partial charge in [0.15, 0.2) is 0 Å². The zero-order valence-electron chi connectivity index (χ0n) is 18.7. The van der Waals surface area contributed by atoms with Crippen LogP contribution < -0.4 is 0 Å². The first kappa shape index (κ1) is 23.0. The van der Waals surface area contributed by atoms with Crippen LogP contribution in [0.1, 0.15) is 20.9 Å². The van der Waals surface area contributed by atoms with E-state index in [0.29, 0.717) is 23.0 Å². The Labute approximate surface area is 207 Å². The van der Waals surface area contributed by atoms with Gasteiger partial charge in [-0.3, -0.25) is 4.79 Å². The Kier molecular flexibility index (Phi) is 5.97. The van der Waals surface area contributed by atoms with Gasteiger partial charge in [-0.2, -0.15) is 9.40 Å². The molecule has 2 aromatic carbocycles. The molecule has 7 nitrogen and oxygen atoms in total. The van der Waals surface area contributed by atoms with E-state index in [0.717, 1.165) is 27.2 Å². The molecule has 2 aromatic heterocycles. The molecule has 0 atom stereocenters. The molecule has 0 N–H and O–H groups in total. The van der Waals surface area contributed by atoms with Crippen molar-refractivity contribution in [2.45, 2.75) is 18.7 Å². The summed E-state index contributed by atoms with van der Waals surface area (Å²) >= 11 is 7.30. The number of fused-ring (bicyclic) bond motifs is 1. The van der Waals surface area contributed by atoms with E-state index < -0.39 is 10.0 Å². The lowest BCUT2D eigenvalue weighted by atomic mass is 10.2. The van der Waals surface area contributed by atoms with Crippen LogP contribution in [0.2, 0.25) is 5.02 Å². The van der Waals surface area contributed by atoms with Crippen molar-refractivity contribution in [2.75, 3.05) is 26.2 Å². The number of nitrogens with zero attached hydrogens (tertiary/aromatic N) is 4. The number of amides is 1. The predicted octanol–water partition coefficient (Wildman–Crippen LogP) is 4.50. The summed E-state index contributed by atoms with van der Waals surface area (Å²) in [5.41, 5.74) is 2.96. The van der Waals surface area contributed by atoms with Gasteiger partial charge in [0.25, 0.3) is 5.91 Å². The first-order valence-electron chi connectivity index (χ1n) is 10.9. The molecule has 34 heavy (non-hydrogen) atoms. The maximum atomic E-state index is 13.3. The number of carbonyl (C=O) groups is 1. The van der Waals surface area contributed by atoms with Crippen molar-refractivity contribution in [3.63, 3.8) is 0 Å². The third-order valence-corrected chi connectivity index (χ3v) is 9.24. The summed E-state index contributed by atoms with van der Waals surface area (Å²) in [7, 11) is -3.62. The zero-order chi connectivity index (χ0) is 24.0. The highest BCUT2D eigenvalue weighted by atomic mass is 35.5. The highest BCUT2D eigenvalue weighted by Crippen LogP contribution is 2.31. The van der Waals surface area contributed by atoms with Crippen LogP contribution in [-0.2, 0) is 10.0 Å². The van der Waals surface area contributed by atoms with Gasteiger partial charge in [-0.15, -0.1) is 11.3 Å². The summed E-state index contributed by atoms with van der Waals surface area (Å²) in [5.74, 6) is -0.0834. The van der Waals surface area contributed by atoms with E-state index in [4.69, 9.17) is 11.6 Å². The van der Waals surface area contributed by atoms with Crippen molar-refractivity contribution in [2.24, 2.45) is 0 Å². The number of thiophene rings is 1. The number of sulfonamides is 1. The summed E-state index contributed by atoms with van der Waals surface area (Å²) < 4.78 is 29.2. The van der Waals surface area contributed by atoms with Crippen molar-refractivity contribution in [3.8, 4) is 5.69 Å². The van der Waals surface area contributed by atoms with Crippen molar-refractivity contribution in [1.82, 2.24) is 19.0 Å². The van der Waals surface area contributed by atoms with Crippen LogP contribution in [-0.4, -0.2) is 59.5 Å². The molecule has 4 aromatic rings. The molecule has 0 radical (unpaired) electrons. The molecule has 1 aliphatic rings. The number of benzene rings is 2. The number of hydrogen-bond donors (Lipinski definition) is 0. The van der Waals surface area contributed by atoms with Crippen molar-refractivity contribution in [1.29, 1.82) is 0 Å². The molecule has 0 bridgehead atoms. The molecule has 1 aliphatic heterocycles. The topological polar surface area (TPSA) is 75.5 Å². The minimum absolute atomic E-state index is 0.0834. The SMILES string of the molecule is Cc1cccc(-n2nc(C)c3cc(C(=O)N4CCN(S(=O)(=O)c5ccc(Cl)cc5)CC4)sc32)c1. The van der Waals surface area contributed by atoms with Gasteiger partial charge in [0.05, 0.1) is 21.2 Å². The molecule has 0 aliphatic carbocycles. The molecule has 176 valence electrons. The Morgan fingerprint density at radius 3 is 2.38 bits per heavy atom. The van der Waals surface area contributed by atoms with Gasteiger partial charge in [0, 0.05) is 36.6 Å². The van der Waals surface area contributed by atoms with Gasteiger partial charge in [-0.25, -0.2) is 13.1 Å². The molecule has 1 fully saturated rings. The van der Waals surface area contributed by atoms with E-state index in [9.17, 15) is 13.2 Å². The van der Waals surface area contributed by atoms with E-state index in [2.05, 4.69) is 11.2 Å². The maximum absolute atomic E-state index is 13.3. The Hall–Kier alpha value is -2.72. The number of halogens is 1. The van der Waals surface area contributed by atoms with Crippen molar-refractivity contribution >= 4 is 49.1 Å². The fourth-order valence-corrected chi connectivity index (χ4v) is 6.83. The lowest BCUT2D eigenvalue weighted by molar-refractivity contribution is 0.0703. The predicted molar refractivity (Wildman–Crippen MR) is 135 cm³/mol. The second-order valence-electron chi connectivity index (χ2n) is 8.32. The molecule has 3 heterocycles. The molecule has 0 unspecified atom stereocenters. The standard InChI is InChI=1S/C24H23ClN4O3S2/c1-16-4-3-5-19(14-16)29-24-21(17(2)26-29)15-22(33-24)23(30)27-10-12-28(13-11-27)34(31,32)20-8-6-18(25)7-9-20/h3-9,14-15H,10-13H2,1-2H3. The van der Waals surface area contributed by atoms with Crippen LogP contribution in [0.4, 0.5) is 0 Å². The van der Waals surface area contributed by atoms with Gasteiger partial charge >= 0.3 is 0 Å². The molecule has 0 saturated carbocycles. The highest BCUT2D eigenvalue weighted by Gasteiger charge is 2.31. The summed E-state index contributed by atoms with van der Waals surface area (Å²) in [4.78, 5) is 16.8. The number of aryl methyl sites for hydroxylation is 2. The fraction of sp³-hybridized carbons (Fsp3) is 0.250. The third kappa shape index (κ3) is 4.13. The average molecular weight is 515 g/mol. The van der Waals surface area contributed by atoms with Crippen LogP contribution in [0.15, 0.2) is 59.5 Å². The summed E-state index contributed by atoms with van der Waals surface area (Å²) in [6.07, 6.45) is 0. The zero-order valence-corrected chi connectivity index (χ0v) is 21.1. The largest absolute Gasteiger partial charge is 0.335 e. The van der Waals surface area contributed by atoms with Crippen LogP contribution in [0, 0.1) is 13.8 Å². The van der Waals surface area contributed by atoms with Gasteiger partial charge in [0.2, 0.25) is 10.0 Å². The number of hydrogen-bond acceptors (Lipinski definition) is 5. The molecular weight excluding hydrogens is 492 g/mol. The van der Waals surface area contributed by atoms with Crippen molar-refractivity contribution in [3.05, 3.63) is 75.8 Å². The first-order chi connectivity index (χ1) is 16.2. The second-order valence-corrected chi connectivity index (χ2v) is 11.7. The minimum Gasteiger partial charge on any atom is -0.335 e. The van der Waals surface area contributed by atoms with Crippen LogP contribution >= 0.6 is 22.9 Å². The molecule has 1 saturated heterocycles. The van der Waals surface area contributed by atoms with Gasteiger partial charge < -0.3 is 4.90 Å². The van der Waals surface area contributed by atoms with Gasteiger partial charge in [-0.1, -0.05) is 23.7 Å². The quantitative estimate of drug-likeness (QED) is 0.402. The van der Waals surface area contributed by atoms with E-state index in [1.807, 2.05) is 42.8 Å². The Morgan fingerprint density at radius 2 is 1.71 bits per heavy atom. The Bertz CT molecular complexity index is 1480. The summed E-state index contributed by atoms with van der Waals surface area (Å²) in [5, 5.41) is 6.11. The van der Waals surface area contributed by atoms with E-state index in [-0.39, 0.29) is 23.9 Å². The molecular formula is C24H23ClN4O3S2. The van der Waals surface area contributed by atoms with Crippen molar-refractivity contribution < 1.29 is 13.2 Å². The third-order valence-electron chi connectivity index (χ3n) is 5.98. The van der Waals surface area contributed by atoms with Crippen LogP contribution in [0.3, 0.4) is 0 Å². The first-order valence-corrected chi connectivity index (χ1v) is 13.5. The van der Waals surface area contributed by atoms with Crippen LogP contribution in [0.25, 0.3) is 15.9 Å². The normalized spacial score (nSPS) is 15.2. The molecule has 5 rings (SSSR count). The van der Waals surface area contributed by atoms with E-state index in [1.54, 1.807) is 17.0 Å². The summed E-state index contributed by atoms with van der Waals surface area (Å²) in [6, 6.07) is 16.1. The smallest absolute Gasteiger partial charge is 0.264 e. The highest BCUT2D eigenvalue weighted by molar-refractivity contribution is 7.89. The molecule has 10 heteroatoms. The second kappa shape index (κ2) is 8.81. The lowest BCUT2D eigenvalue weighted by Gasteiger charge is -2.33. The monoisotopic (exact) mass is 514 g/mol. The number of carbonyl (C=O) groups excluding carboxylic acids is 1. The fourth-order valence-electron chi connectivity index (χ4n) is 4.13. The Morgan fingerprint density at radius 1 is 1.00 bits per heavy atom. The van der Waals surface area contributed by atoms with E-state index in [1.165, 1.54) is 27.8 Å². The van der Waals surface area contributed by atoms with Gasteiger partial charge in [0.1, 0.15) is 4.83 Å². The average Bonchev–Trinajstić information content (AvgIpc) is 3.39. The lowest BCUT2D eigenvalue weighted by Crippen LogP contribution is -2.50. The van der Waals surface area contributed by atoms with Crippen LogP contribution in [0.5, 0.6) is 0 Å². The van der Waals surface area contributed by atoms with E-state index >= 15 is 0 Å². The summed E-state index contributed by atoms with van der Waals surface area (Å²) in [6.45, 7) is 5.14. The Balaban J connectivity index is 1.34. The number of rotatable bonds is 4. The van der Waals surface area contributed by atoms with Gasteiger partial charge in [-0.05, 0) is 61.9 Å². The maximum Gasteiger partial charge on any atom is 0.264 e. The number of piperazine rings is 1. The molecule has 0 spiro atoms. The number of aromatic nitrogens is 2. The minimum atomic E-state index is -3.62.